The zero-order valence-corrected chi connectivity index (χ0v) is 22.8. The highest BCUT2D eigenvalue weighted by atomic mass is 32.2. The maximum atomic E-state index is 14.4. The van der Waals surface area contributed by atoms with Gasteiger partial charge in [0.05, 0.1) is 29.2 Å². The Morgan fingerprint density at radius 3 is 2.43 bits per heavy atom. The van der Waals surface area contributed by atoms with E-state index >= 15 is 0 Å². The van der Waals surface area contributed by atoms with Crippen LogP contribution in [0.3, 0.4) is 0 Å². The summed E-state index contributed by atoms with van der Waals surface area (Å²) in [6.45, 7) is 16.3. The van der Waals surface area contributed by atoms with Crippen molar-refractivity contribution in [3.05, 3.63) is 25.3 Å². The van der Waals surface area contributed by atoms with Gasteiger partial charge >= 0.3 is 0 Å². The molecule has 1 spiro atoms. The minimum absolute atomic E-state index is 0.00397. The number of hydrogen-bond acceptors (Lipinski definition) is 5. The van der Waals surface area contributed by atoms with Crippen LogP contribution < -0.4 is 0 Å². The summed E-state index contributed by atoms with van der Waals surface area (Å²) in [6.07, 6.45) is 6.75. The van der Waals surface area contributed by atoms with Crippen molar-refractivity contribution in [3.8, 4) is 0 Å². The van der Waals surface area contributed by atoms with Gasteiger partial charge in [-0.25, -0.2) is 0 Å². The lowest BCUT2D eigenvalue weighted by molar-refractivity contribution is -0.148. The molecule has 3 fully saturated rings. The first-order valence-electron chi connectivity index (χ1n) is 13.0. The maximum Gasteiger partial charge on any atom is 0.247 e. The molecule has 3 saturated heterocycles. The Labute approximate surface area is 215 Å². The largest absolute Gasteiger partial charge is 0.394 e. The molecule has 3 unspecified atom stereocenters. The van der Waals surface area contributed by atoms with E-state index in [9.17, 15) is 19.5 Å². The topological polar surface area (TPSA) is 81.2 Å². The Balaban J connectivity index is 2.11. The second-order valence-electron chi connectivity index (χ2n) is 10.7. The van der Waals surface area contributed by atoms with Gasteiger partial charge in [-0.1, -0.05) is 39.3 Å². The smallest absolute Gasteiger partial charge is 0.247 e. The summed E-state index contributed by atoms with van der Waals surface area (Å²) in [7, 11) is 1.75. The zero-order valence-electron chi connectivity index (χ0n) is 22.0. The number of fused-ring (bicyclic) bond motifs is 1. The second kappa shape index (κ2) is 11.1. The Morgan fingerprint density at radius 1 is 1.23 bits per heavy atom. The lowest BCUT2D eigenvalue weighted by atomic mass is 9.70. The van der Waals surface area contributed by atoms with Crippen LogP contribution in [0.5, 0.6) is 0 Å². The first kappa shape index (κ1) is 27.8. The van der Waals surface area contributed by atoms with E-state index < -0.39 is 28.7 Å². The summed E-state index contributed by atoms with van der Waals surface area (Å²) >= 11 is 1.67. The normalized spacial score (nSPS) is 30.8. The number of carbonyl (C=O) groups is 3. The number of nitrogens with zero attached hydrogens (tertiary/aromatic N) is 3. The maximum absolute atomic E-state index is 14.4. The van der Waals surface area contributed by atoms with Crippen LogP contribution in [-0.2, 0) is 14.4 Å². The molecule has 3 rings (SSSR count). The van der Waals surface area contributed by atoms with Gasteiger partial charge in [-0.3, -0.25) is 14.4 Å². The molecule has 0 aromatic carbocycles. The minimum Gasteiger partial charge on any atom is -0.394 e. The standard InChI is InChI=1S/C27H43N3O4S/c1-8-11-18(6)29(15-10-3)26(34)23-27-13-12-20(35-27)21(24(32)28(7)14-9-2)22(27)25(33)30(23)19(16-31)17(4)5/h9-10,17-23,31H,2-3,8,11-16H2,1,4-7H3/t18?,19-,20+,21-,22-,23?,27?/m0/s1. The molecule has 7 atom stereocenters. The molecule has 3 heterocycles. The van der Waals surface area contributed by atoms with Crippen molar-refractivity contribution in [1.29, 1.82) is 0 Å². The van der Waals surface area contributed by atoms with Gasteiger partial charge < -0.3 is 19.8 Å². The highest BCUT2D eigenvalue weighted by molar-refractivity contribution is 8.02. The van der Waals surface area contributed by atoms with Gasteiger partial charge in [0.1, 0.15) is 6.04 Å². The average Bonchev–Trinajstić information content (AvgIpc) is 3.45. The van der Waals surface area contributed by atoms with Crippen LogP contribution >= 0.6 is 11.8 Å². The molecule has 8 heteroatoms. The SMILES string of the molecule is C=CCN(C)C(=O)[C@@H]1[C@H]2C(=O)N([C@@H](CO)C(C)C)C(C(=O)N(CC=C)C(C)CCC)C23CC[C@H]1S3. The van der Waals surface area contributed by atoms with E-state index in [4.69, 9.17) is 0 Å². The fraction of sp³-hybridized carbons (Fsp3) is 0.741. The number of rotatable bonds is 12. The highest BCUT2D eigenvalue weighted by Crippen LogP contribution is 2.67. The number of amides is 3. The van der Waals surface area contributed by atoms with Crippen LogP contribution in [0, 0.1) is 17.8 Å². The molecule has 2 bridgehead atoms. The van der Waals surface area contributed by atoms with Crippen molar-refractivity contribution in [2.75, 3.05) is 26.7 Å². The molecule has 7 nitrogen and oxygen atoms in total. The molecule has 3 aliphatic rings. The van der Waals surface area contributed by atoms with Crippen LogP contribution in [0.1, 0.15) is 53.4 Å². The second-order valence-corrected chi connectivity index (χ2v) is 12.3. The third-order valence-electron chi connectivity index (χ3n) is 8.20. The Morgan fingerprint density at radius 2 is 1.89 bits per heavy atom. The van der Waals surface area contributed by atoms with E-state index in [1.54, 1.807) is 40.8 Å². The predicted molar refractivity (Wildman–Crippen MR) is 141 cm³/mol. The Bertz CT molecular complexity index is 848. The summed E-state index contributed by atoms with van der Waals surface area (Å²) in [5.74, 6) is -1.34. The van der Waals surface area contributed by atoms with Gasteiger partial charge in [-0.2, -0.15) is 0 Å². The highest BCUT2D eigenvalue weighted by Gasteiger charge is 2.74. The minimum atomic E-state index is -0.698. The van der Waals surface area contributed by atoms with Gasteiger partial charge in [0.25, 0.3) is 0 Å². The molecule has 35 heavy (non-hydrogen) atoms. The Hall–Kier alpha value is -1.80. The molecule has 3 amide bonds. The number of likely N-dealkylation sites (tertiary alicyclic amines) is 1. The number of hydrogen-bond donors (Lipinski definition) is 1. The quantitative estimate of drug-likeness (QED) is 0.413. The van der Waals surface area contributed by atoms with Crippen LogP contribution in [0.4, 0.5) is 0 Å². The average molecular weight is 506 g/mol. The predicted octanol–water partition coefficient (Wildman–Crippen LogP) is 2.94. The van der Waals surface area contributed by atoms with Crippen LogP contribution in [0.15, 0.2) is 25.3 Å². The lowest BCUT2D eigenvalue weighted by Gasteiger charge is -2.42. The van der Waals surface area contributed by atoms with E-state index in [0.717, 1.165) is 25.7 Å². The van der Waals surface area contributed by atoms with Crippen LogP contribution in [0.25, 0.3) is 0 Å². The van der Waals surface area contributed by atoms with Gasteiger partial charge in [-0.05, 0) is 32.1 Å². The van der Waals surface area contributed by atoms with E-state index in [0.29, 0.717) is 13.1 Å². The summed E-state index contributed by atoms with van der Waals surface area (Å²) in [6, 6.07) is -1.18. The molecular formula is C27H43N3O4S. The van der Waals surface area contributed by atoms with Crippen molar-refractivity contribution in [2.45, 2.75) is 81.5 Å². The third-order valence-corrected chi connectivity index (χ3v) is 10.1. The molecule has 0 aromatic heterocycles. The molecule has 0 aliphatic carbocycles. The molecule has 0 saturated carbocycles. The van der Waals surface area contributed by atoms with E-state index in [-0.39, 0.29) is 41.5 Å². The fourth-order valence-corrected chi connectivity index (χ4v) is 8.72. The first-order chi connectivity index (χ1) is 16.6. The number of aliphatic hydroxyl groups is 1. The lowest BCUT2D eigenvalue weighted by Crippen LogP contribution is -2.59. The summed E-state index contributed by atoms with van der Waals surface area (Å²) in [5.41, 5.74) is 0. The number of thioether (sulfide) groups is 1. The summed E-state index contributed by atoms with van der Waals surface area (Å²) in [5, 5.41) is 10.4. The van der Waals surface area contributed by atoms with Gasteiger partial charge in [-0.15, -0.1) is 24.9 Å². The van der Waals surface area contributed by atoms with Gasteiger partial charge in [0, 0.05) is 31.4 Å². The van der Waals surface area contributed by atoms with Gasteiger partial charge in [0.2, 0.25) is 17.7 Å². The van der Waals surface area contributed by atoms with E-state index in [1.807, 2.05) is 25.7 Å². The Kier molecular flexibility index (Phi) is 8.79. The zero-order chi connectivity index (χ0) is 26.1. The van der Waals surface area contributed by atoms with E-state index in [1.165, 1.54) is 0 Å². The number of aliphatic hydroxyl groups excluding tert-OH is 1. The van der Waals surface area contributed by atoms with Crippen molar-refractivity contribution in [1.82, 2.24) is 14.7 Å². The molecule has 0 radical (unpaired) electrons. The number of carbonyl (C=O) groups excluding carboxylic acids is 3. The van der Waals surface area contributed by atoms with E-state index in [2.05, 4.69) is 20.1 Å². The molecule has 3 aliphatic heterocycles. The fourth-order valence-electron chi connectivity index (χ4n) is 6.52. The summed E-state index contributed by atoms with van der Waals surface area (Å²) in [4.78, 5) is 47.2. The third kappa shape index (κ3) is 4.57. The summed E-state index contributed by atoms with van der Waals surface area (Å²) < 4.78 is -0.651. The van der Waals surface area contributed by atoms with Crippen molar-refractivity contribution >= 4 is 29.5 Å². The number of likely N-dealkylation sites (N-methyl/N-ethyl adjacent to an activating group) is 1. The van der Waals surface area contributed by atoms with Gasteiger partial charge in [0.15, 0.2) is 0 Å². The van der Waals surface area contributed by atoms with Crippen molar-refractivity contribution < 1.29 is 19.5 Å². The van der Waals surface area contributed by atoms with Crippen molar-refractivity contribution in [2.24, 2.45) is 17.8 Å². The monoisotopic (exact) mass is 505 g/mol. The molecule has 1 N–H and O–H groups in total. The van der Waals surface area contributed by atoms with Crippen LogP contribution in [-0.4, -0.2) is 92.4 Å². The van der Waals surface area contributed by atoms with Crippen molar-refractivity contribution in [3.63, 3.8) is 0 Å². The molecule has 196 valence electrons. The first-order valence-corrected chi connectivity index (χ1v) is 13.9. The molecular weight excluding hydrogens is 462 g/mol. The molecule has 0 aromatic rings. The van der Waals surface area contributed by atoms with Crippen LogP contribution in [0.2, 0.25) is 0 Å².